The molecular weight excluding hydrogens is 343 g/mol. The summed E-state index contributed by atoms with van der Waals surface area (Å²) in [5.41, 5.74) is 3.51. The standard InChI is InChI=1S/C22H19FN2O2/c23-18-8-6-16(7-9-18)15-27-21-5-1-4-20-19(21)10-12-25(22(20)26)14-17-3-2-11-24-13-17/h1-9,11,13H,10,12,14-15H2. The van der Waals surface area contributed by atoms with Crippen LogP contribution in [0.3, 0.4) is 0 Å². The zero-order chi connectivity index (χ0) is 18.6. The van der Waals surface area contributed by atoms with Crippen molar-refractivity contribution in [3.05, 3.63) is 95.1 Å². The van der Waals surface area contributed by atoms with Crippen LogP contribution >= 0.6 is 0 Å². The Bertz CT molecular complexity index is 942. The van der Waals surface area contributed by atoms with Gasteiger partial charge in [0.25, 0.3) is 5.91 Å². The van der Waals surface area contributed by atoms with Crippen LogP contribution in [-0.2, 0) is 19.6 Å². The SMILES string of the molecule is O=C1c2cccc(OCc3ccc(F)cc3)c2CCN1Cc1cccnc1. The highest BCUT2D eigenvalue weighted by atomic mass is 19.1. The van der Waals surface area contributed by atoms with Crippen LogP contribution in [0.5, 0.6) is 5.75 Å². The van der Waals surface area contributed by atoms with E-state index < -0.39 is 0 Å². The normalized spacial score (nSPS) is 13.4. The molecule has 136 valence electrons. The van der Waals surface area contributed by atoms with Gasteiger partial charge in [0.15, 0.2) is 0 Å². The molecule has 1 aliphatic heterocycles. The van der Waals surface area contributed by atoms with Crippen LogP contribution in [0, 0.1) is 5.82 Å². The lowest BCUT2D eigenvalue weighted by molar-refractivity contribution is 0.0725. The van der Waals surface area contributed by atoms with E-state index in [-0.39, 0.29) is 11.7 Å². The summed E-state index contributed by atoms with van der Waals surface area (Å²) in [4.78, 5) is 18.8. The molecule has 27 heavy (non-hydrogen) atoms. The fraction of sp³-hybridized carbons (Fsp3) is 0.182. The van der Waals surface area contributed by atoms with Crippen molar-refractivity contribution in [2.45, 2.75) is 19.6 Å². The fourth-order valence-corrected chi connectivity index (χ4v) is 3.28. The number of carbonyl (C=O) groups is 1. The number of carbonyl (C=O) groups excluding carboxylic acids is 1. The van der Waals surface area contributed by atoms with E-state index in [1.54, 1.807) is 24.5 Å². The highest BCUT2D eigenvalue weighted by molar-refractivity contribution is 5.97. The van der Waals surface area contributed by atoms with Crippen LogP contribution in [0.4, 0.5) is 4.39 Å². The van der Waals surface area contributed by atoms with Gasteiger partial charge in [-0.3, -0.25) is 9.78 Å². The van der Waals surface area contributed by atoms with E-state index in [0.717, 1.165) is 23.1 Å². The van der Waals surface area contributed by atoms with Gasteiger partial charge in [-0.15, -0.1) is 0 Å². The van der Waals surface area contributed by atoms with Gasteiger partial charge in [0.2, 0.25) is 0 Å². The molecule has 4 rings (SSSR count). The highest BCUT2D eigenvalue weighted by Crippen LogP contribution is 2.29. The van der Waals surface area contributed by atoms with Crippen LogP contribution in [0.25, 0.3) is 0 Å². The van der Waals surface area contributed by atoms with Gasteiger partial charge < -0.3 is 9.64 Å². The van der Waals surface area contributed by atoms with Crippen molar-refractivity contribution in [1.82, 2.24) is 9.88 Å². The Morgan fingerprint density at radius 1 is 1.04 bits per heavy atom. The third-order valence-corrected chi connectivity index (χ3v) is 4.69. The number of hydrogen-bond acceptors (Lipinski definition) is 3. The first-order valence-corrected chi connectivity index (χ1v) is 8.88. The monoisotopic (exact) mass is 362 g/mol. The Balaban J connectivity index is 1.50. The quantitative estimate of drug-likeness (QED) is 0.689. The molecule has 0 saturated carbocycles. The van der Waals surface area contributed by atoms with E-state index in [0.29, 0.717) is 31.0 Å². The molecule has 2 heterocycles. The molecule has 0 saturated heterocycles. The number of amides is 1. The second-order valence-electron chi connectivity index (χ2n) is 6.54. The lowest BCUT2D eigenvalue weighted by Crippen LogP contribution is -2.37. The maximum atomic E-state index is 13.0. The summed E-state index contributed by atoms with van der Waals surface area (Å²) >= 11 is 0. The number of nitrogens with zero attached hydrogens (tertiary/aromatic N) is 2. The molecule has 0 bridgehead atoms. The van der Waals surface area contributed by atoms with Crippen molar-refractivity contribution in [2.24, 2.45) is 0 Å². The number of hydrogen-bond donors (Lipinski definition) is 0. The largest absolute Gasteiger partial charge is 0.489 e. The van der Waals surface area contributed by atoms with Gasteiger partial charge in [-0.25, -0.2) is 4.39 Å². The lowest BCUT2D eigenvalue weighted by atomic mass is 9.97. The highest BCUT2D eigenvalue weighted by Gasteiger charge is 2.26. The Morgan fingerprint density at radius 2 is 1.89 bits per heavy atom. The maximum Gasteiger partial charge on any atom is 0.254 e. The van der Waals surface area contributed by atoms with E-state index >= 15 is 0 Å². The number of aromatic nitrogens is 1. The van der Waals surface area contributed by atoms with Crippen molar-refractivity contribution >= 4 is 5.91 Å². The molecule has 0 N–H and O–H groups in total. The molecule has 5 heteroatoms. The maximum absolute atomic E-state index is 13.0. The predicted octanol–water partition coefficient (Wildman–Crippen LogP) is 4.00. The molecule has 1 aromatic heterocycles. The first-order valence-electron chi connectivity index (χ1n) is 8.88. The van der Waals surface area contributed by atoms with Crippen molar-refractivity contribution in [3.63, 3.8) is 0 Å². The number of fused-ring (bicyclic) bond motifs is 1. The predicted molar refractivity (Wildman–Crippen MR) is 99.9 cm³/mol. The summed E-state index contributed by atoms with van der Waals surface area (Å²) in [5, 5.41) is 0. The summed E-state index contributed by atoms with van der Waals surface area (Å²) in [6.45, 7) is 1.52. The Hall–Kier alpha value is -3.21. The van der Waals surface area contributed by atoms with Crippen LogP contribution in [0.2, 0.25) is 0 Å². The molecule has 1 aliphatic rings. The Labute approximate surface area is 157 Å². The van der Waals surface area contributed by atoms with E-state index in [2.05, 4.69) is 4.98 Å². The van der Waals surface area contributed by atoms with Crippen molar-refractivity contribution in [2.75, 3.05) is 6.54 Å². The fourth-order valence-electron chi connectivity index (χ4n) is 3.28. The number of halogens is 1. The Kier molecular flexibility index (Phi) is 4.83. The van der Waals surface area contributed by atoms with Crippen LogP contribution in [-0.4, -0.2) is 22.3 Å². The molecule has 2 aromatic carbocycles. The first-order chi connectivity index (χ1) is 13.2. The van der Waals surface area contributed by atoms with E-state index in [9.17, 15) is 9.18 Å². The van der Waals surface area contributed by atoms with Crippen molar-refractivity contribution in [3.8, 4) is 5.75 Å². The summed E-state index contributed by atoms with van der Waals surface area (Å²) in [6.07, 6.45) is 4.24. The zero-order valence-electron chi connectivity index (χ0n) is 14.8. The van der Waals surface area contributed by atoms with Crippen LogP contribution in [0.15, 0.2) is 67.0 Å². The van der Waals surface area contributed by atoms with Crippen molar-refractivity contribution < 1.29 is 13.9 Å². The summed E-state index contributed by atoms with van der Waals surface area (Å²) in [5.74, 6) is 0.452. The average molecular weight is 362 g/mol. The first kappa shape index (κ1) is 17.2. The smallest absolute Gasteiger partial charge is 0.254 e. The molecular formula is C22H19FN2O2. The van der Waals surface area contributed by atoms with Crippen molar-refractivity contribution in [1.29, 1.82) is 0 Å². The number of benzene rings is 2. The van der Waals surface area contributed by atoms with Gasteiger partial charge in [-0.2, -0.15) is 0 Å². The number of ether oxygens (including phenoxy) is 1. The van der Waals surface area contributed by atoms with Crippen LogP contribution < -0.4 is 4.74 Å². The molecule has 0 aliphatic carbocycles. The Morgan fingerprint density at radius 3 is 2.67 bits per heavy atom. The summed E-state index contributed by atoms with van der Waals surface area (Å²) in [6, 6.07) is 15.6. The third-order valence-electron chi connectivity index (χ3n) is 4.69. The molecule has 0 spiro atoms. The average Bonchev–Trinajstić information content (AvgIpc) is 2.70. The molecule has 0 fully saturated rings. The lowest BCUT2D eigenvalue weighted by Gasteiger charge is -2.29. The van der Waals surface area contributed by atoms with Gasteiger partial charge in [0.05, 0.1) is 0 Å². The third kappa shape index (κ3) is 3.82. The van der Waals surface area contributed by atoms with Gasteiger partial charge >= 0.3 is 0 Å². The molecule has 0 radical (unpaired) electrons. The minimum atomic E-state index is -0.268. The minimum Gasteiger partial charge on any atom is -0.489 e. The number of rotatable bonds is 5. The van der Waals surface area contributed by atoms with Crippen LogP contribution in [0.1, 0.15) is 27.0 Å². The minimum absolute atomic E-state index is 0.00679. The summed E-state index contributed by atoms with van der Waals surface area (Å²) < 4.78 is 19.0. The number of pyridine rings is 1. The second-order valence-corrected chi connectivity index (χ2v) is 6.54. The molecule has 3 aromatic rings. The zero-order valence-corrected chi connectivity index (χ0v) is 14.8. The molecule has 0 atom stereocenters. The van der Waals surface area contributed by atoms with Gasteiger partial charge in [0.1, 0.15) is 18.2 Å². The van der Waals surface area contributed by atoms with Gasteiger partial charge in [-0.1, -0.05) is 24.3 Å². The molecule has 4 nitrogen and oxygen atoms in total. The van der Waals surface area contributed by atoms with E-state index in [4.69, 9.17) is 4.74 Å². The second kappa shape index (κ2) is 7.58. The van der Waals surface area contributed by atoms with E-state index in [1.807, 2.05) is 35.2 Å². The van der Waals surface area contributed by atoms with Gasteiger partial charge in [-0.05, 0) is 47.9 Å². The summed E-state index contributed by atoms with van der Waals surface area (Å²) in [7, 11) is 0. The topological polar surface area (TPSA) is 42.4 Å². The molecule has 0 unspecified atom stereocenters. The van der Waals surface area contributed by atoms with Gasteiger partial charge in [0, 0.05) is 36.6 Å². The van der Waals surface area contributed by atoms with E-state index in [1.165, 1.54) is 12.1 Å². The molecule has 1 amide bonds.